The van der Waals surface area contributed by atoms with E-state index in [1.165, 1.54) is 5.56 Å². The Balaban J connectivity index is 2.02. The highest BCUT2D eigenvalue weighted by molar-refractivity contribution is 5.09. The fourth-order valence-corrected chi connectivity index (χ4v) is 2.78. The van der Waals surface area contributed by atoms with E-state index in [2.05, 4.69) is 40.9 Å². The first kappa shape index (κ1) is 13.5. The van der Waals surface area contributed by atoms with Crippen molar-refractivity contribution in [3.8, 4) is 0 Å². The van der Waals surface area contributed by atoms with Crippen LogP contribution in [0.25, 0.3) is 0 Å². The molecule has 2 heterocycles. The van der Waals surface area contributed by atoms with Crippen molar-refractivity contribution < 1.29 is 0 Å². The second kappa shape index (κ2) is 6.27. The monoisotopic (exact) mass is 248 g/mol. The van der Waals surface area contributed by atoms with Crippen LogP contribution >= 0.6 is 0 Å². The van der Waals surface area contributed by atoms with E-state index in [0.29, 0.717) is 12.0 Å². The van der Waals surface area contributed by atoms with Gasteiger partial charge < -0.3 is 10.6 Å². The van der Waals surface area contributed by atoms with Crippen molar-refractivity contribution in [3.63, 3.8) is 0 Å². The van der Waals surface area contributed by atoms with Gasteiger partial charge in [-0.25, -0.2) is 0 Å². The van der Waals surface area contributed by atoms with Crippen molar-refractivity contribution in [2.24, 2.45) is 11.7 Å². The lowest BCUT2D eigenvalue weighted by Crippen LogP contribution is -2.43. The van der Waals surface area contributed by atoms with Crippen LogP contribution in [0.5, 0.6) is 0 Å². The van der Waals surface area contributed by atoms with Crippen molar-refractivity contribution in [2.75, 3.05) is 33.2 Å². The molecule has 1 aromatic rings. The second-order valence-corrected chi connectivity index (χ2v) is 5.48. The smallest absolute Gasteiger partial charge is 0.0342 e. The third kappa shape index (κ3) is 3.51. The molecule has 1 aliphatic heterocycles. The first-order valence-electron chi connectivity index (χ1n) is 6.70. The third-order valence-corrected chi connectivity index (χ3v) is 3.69. The number of pyridine rings is 1. The molecule has 0 saturated carbocycles. The van der Waals surface area contributed by atoms with E-state index in [1.54, 1.807) is 0 Å². The van der Waals surface area contributed by atoms with Crippen molar-refractivity contribution in [1.29, 1.82) is 0 Å². The molecular weight excluding hydrogens is 224 g/mol. The van der Waals surface area contributed by atoms with Crippen molar-refractivity contribution in [1.82, 2.24) is 14.8 Å². The van der Waals surface area contributed by atoms with Crippen molar-refractivity contribution in [2.45, 2.75) is 19.5 Å². The molecular formula is C14H24N4. The summed E-state index contributed by atoms with van der Waals surface area (Å²) < 4.78 is 0. The number of rotatable bonds is 3. The molecule has 0 aliphatic carbocycles. The highest BCUT2D eigenvalue weighted by Crippen LogP contribution is 2.14. The summed E-state index contributed by atoms with van der Waals surface area (Å²) in [6.07, 6.45) is 3.73. The van der Waals surface area contributed by atoms with Gasteiger partial charge in [-0.15, -0.1) is 0 Å². The van der Waals surface area contributed by atoms with Gasteiger partial charge in [-0.3, -0.25) is 9.88 Å². The summed E-state index contributed by atoms with van der Waals surface area (Å²) in [6, 6.07) is 4.66. The number of aromatic nitrogens is 1. The third-order valence-electron chi connectivity index (χ3n) is 3.69. The maximum Gasteiger partial charge on any atom is 0.0342 e. The number of nitrogens with zero attached hydrogens (tertiary/aromatic N) is 3. The first-order chi connectivity index (χ1) is 8.69. The number of hydrogen-bond acceptors (Lipinski definition) is 4. The molecule has 0 amide bonds. The molecule has 1 aromatic heterocycles. The van der Waals surface area contributed by atoms with Gasteiger partial charge in [0.15, 0.2) is 0 Å². The summed E-state index contributed by atoms with van der Waals surface area (Å²) >= 11 is 0. The molecule has 1 aliphatic rings. The lowest BCUT2D eigenvalue weighted by atomic mass is 10.1. The van der Waals surface area contributed by atoms with Crippen LogP contribution in [0.3, 0.4) is 0 Å². The topological polar surface area (TPSA) is 45.4 Å². The molecule has 1 saturated heterocycles. The number of hydrogen-bond donors (Lipinski definition) is 1. The summed E-state index contributed by atoms with van der Waals surface area (Å²) in [5.41, 5.74) is 7.22. The van der Waals surface area contributed by atoms with Crippen molar-refractivity contribution in [3.05, 3.63) is 30.1 Å². The lowest BCUT2D eigenvalue weighted by Gasteiger charge is -2.27. The molecule has 0 bridgehead atoms. The SMILES string of the molecule is CC1CN(Cc2ccncc2)CC(CN)N(C)C1. The molecule has 2 N–H and O–H groups in total. The predicted molar refractivity (Wildman–Crippen MR) is 74.2 cm³/mol. The average Bonchev–Trinajstić information content (AvgIpc) is 2.49. The Hall–Kier alpha value is -0.970. The maximum atomic E-state index is 5.89. The maximum absolute atomic E-state index is 5.89. The predicted octanol–water partition coefficient (Wildman–Crippen LogP) is 0.792. The van der Waals surface area contributed by atoms with Crippen LogP contribution in [0.15, 0.2) is 24.5 Å². The van der Waals surface area contributed by atoms with Crippen LogP contribution in [0.2, 0.25) is 0 Å². The van der Waals surface area contributed by atoms with Gasteiger partial charge in [-0.1, -0.05) is 6.92 Å². The highest BCUT2D eigenvalue weighted by Gasteiger charge is 2.24. The Morgan fingerprint density at radius 3 is 2.67 bits per heavy atom. The van der Waals surface area contributed by atoms with E-state index in [0.717, 1.165) is 32.7 Å². The largest absolute Gasteiger partial charge is 0.329 e. The second-order valence-electron chi connectivity index (χ2n) is 5.48. The van der Waals surface area contributed by atoms with Crippen LogP contribution in [0.1, 0.15) is 12.5 Å². The van der Waals surface area contributed by atoms with Gasteiger partial charge in [0.25, 0.3) is 0 Å². The van der Waals surface area contributed by atoms with Crippen LogP contribution in [0, 0.1) is 5.92 Å². The molecule has 0 spiro atoms. The summed E-state index contributed by atoms with van der Waals surface area (Å²) in [4.78, 5) is 8.98. The standard InChI is InChI=1S/C14H24N4/c1-12-8-17(2)14(7-15)11-18(9-12)10-13-3-5-16-6-4-13/h3-6,12,14H,7-11,15H2,1-2H3. The minimum atomic E-state index is 0.469. The molecule has 0 radical (unpaired) electrons. The molecule has 0 aromatic carbocycles. The zero-order valence-electron chi connectivity index (χ0n) is 11.4. The summed E-state index contributed by atoms with van der Waals surface area (Å²) in [6.45, 7) is 7.37. The van der Waals surface area contributed by atoms with E-state index in [9.17, 15) is 0 Å². The average molecular weight is 248 g/mol. The van der Waals surface area contributed by atoms with E-state index in [-0.39, 0.29) is 0 Å². The number of likely N-dealkylation sites (N-methyl/N-ethyl adjacent to an activating group) is 1. The van der Waals surface area contributed by atoms with Gasteiger partial charge in [0.1, 0.15) is 0 Å². The van der Waals surface area contributed by atoms with Gasteiger partial charge in [0.05, 0.1) is 0 Å². The number of nitrogens with two attached hydrogens (primary N) is 1. The minimum Gasteiger partial charge on any atom is -0.329 e. The van der Waals surface area contributed by atoms with Crippen LogP contribution in [-0.4, -0.2) is 54.1 Å². The normalized spacial score (nSPS) is 27.1. The van der Waals surface area contributed by atoms with Crippen LogP contribution < -0.4 is 5.73 Å². The molecule has 4 heteroatoms. The highest BCUT2D eigenvalue weighted by atomic mass is 15.2. The van der Waals surface area contributed by atoms with Gasteiger partial charge in [-0.2, -0.15) is 0 Å². The van der Waals surface area contributed by atoms with Crippen molar-refractivity contribution >= 4 is 0 Å². The molecule has 18 heavy (non-hydrogen) atoms. The van der Waals surface area contributed by atoms with E-state index < -0.39 is 0 Å². The summed E-state index contributed by atoms with van der Waals surface area (Å²) in [7, 11) is 2.18. The molecule has 2 unspecified atom stereocenters. The van der Waals surface area contributed by atoms with Gasteiger partial charge in [-0.05, 0) is 30.7 Å². The Bertz CT molecular complexity index is 354. The van der Waals surface area contributed by atoms with Gasteiger partial charge >= 0.3 is 0 Å². The fourth-order valence-electron chi connectivity index (χ4n) is 2.78. The molecule has 2 atom stereocenters. The molecule has 4 nitrogen and oxygen atoms in total. The van der Waals surface area contributed by atoms with Gasteiger partial charge in [0, 0.05) is 51.2 Å². The molecule has 1 fully saturated rings. The zero-order chi connectivity index (χ0) is 13.0. The Labute approximate surface area is 110 Å². The Morgan fingerprint density at radius 1 is 1.28 bits per heavy atom. The molecule has 100 valence electrons. The minimum absolute atomic E-state index is 0.469. The van der Waals surface area contributed by atoms with Gasteiger partial charge in [0.2, 0.25) is 0 Å². The quantitative estimate of drug-likeness (QED) is 0.859. The zero-order valence-corrected chi connectivity index (χ0v) is 11.4. The Kier molecular flexibility index (Phi) is 4.69. The van der Waals surface area contributed by atoms with E-state index in [1.807, 2.05) is 12.4 Å². The molecule has 2 rings (SSSR count). The first-order valence-corrected chi connectivity index (χ1v) is 6.70. The summed E-state index contributed by atoms with van der Waals surface area (Å²) in [5, 5.41) is 0. The van der Waals surface area contributed by atoms with E-state index in [4.69, 9.17) is 5.73 Å². The fraction of sp³-hybridized carbons (Fsp3) is 0.643. The van der Waals surface area contributed by atoms with Crippen LogP contribution in [-0.2, 0) is 6.54 Å². The lowest BCUT2D eigenvalue weighted by molar-refractivity contribution is 0.207. The van der Waals surface area contributed by atoms with E-state index >= 15 is 0 Å². The van der Waals surface area contributed by atoms with Crippen LogP contribution in [0.4, 0.5) is 0 Å². The Morgan fingerprint density at radius 2 is 2.00 bits per heavy atom. The summed E-state index contributed by atoms with van der Waals surface area (Å²) in [5.74, 6) is 0.688.